The van der Waals surface area contributed by atoms with Gasteiger partial charge >= 0.3 is 7.12 Å². The molecule has 0 radical (unpaired) electrons. The minimum absolute atomic E-state index is 0.145. The van der Waals surface area contributed by atoms with Crippen LogP contribution in [0.3, 0.4) is 0 Å². The molecular formula is C27H32BNO2. The minimum atomic E-state index is -0.316. The molecule has 160 valence electrons. The number of hydrogen-bond acceptors (Lipinski definition) is 3. The maximum absolute atomic E-state index is 6.45. The van der Waals surface area contributed by atoms with Gasteiger partial charge in [0.2, 0.25) is 0 Å². The van der Waals surface area contributed by atoms with Crippen molar-refractivity contribution in [2.24, 2.45) is 23.7 Å². The summed E-state index contributed by atoms with van der Waals surface area (Å²) < 4.78 is 12.9. The minimum Gasteiger partial charge on any atom is -0.399 e. The second-order valence-corrected chi connectivity index (χ2v) is 12.0. The summed E-state index contributed by atoms with van der Waals surface area (Å²) in [4.78, 5) is 4.64. The molecule has 8 rings (SSSR count). The number of fused-ring (bicyclic) bond motifs is 3. The molecule has 1 aromatic carbocycles. The van der Waals surface area contributed by atoms with Crippen molar-refractivity contribution in [3.63, 3.8) is 0 Å². The lowest BCUT2D eigenvalue weighted by molar-refractivity contribution is -0.0400. The zero-order valence-electron chi connectivity index (χ0n) is 19.2. The van der Waals surface area contributed by atoms with Crippen LogP contribution in [-0.4, -0.2) is 23.3 Å². The van der Waals surface area contributed by atoms with Crippen LogP contribution in [0, 0.1) is 23.7 Å². The van der Waals surface area contributed by atoms with Crippen LogP contribution in [0.5, 0.6) is 0 Å². The maximum Gasteiger partial charge on any atom is 0.494 e. The summed E-state index contributed by atoms with van der Waals surface area (Å²) in [6, 6.07) is 9.29. The van der Waals surface area contributed by atoms with E-state index in [1.807, 2.05) is 6.20 Å². The fourth-order valence-corrected chi connectivity index (χ4v) is 8.18. The van der Waals surface area contributed by atoms with Crippen molar-refractivity contribution in [3.8, 4) is 11.1 Å². The Morgan fingerprint density at radius 3 is 2.06 bits per heavy atom. The molecule has 31 heavy (non-hydrogen) atoms. The molecule has 3 nitrogen and oxygen atoms in total. The predicted molar refractivity (Wildman–Crippen MR) is 123 cm³/mol. The van der Waals surface area contributed by atoms with Gasteiger partial charge in [-0.1, -0.05) is 18.2 Å². The smallest absolute Gasteiger partial charge is 0.399 e. The van der Waals surface area contributed by atoms with Gasteiger partial charge in [0, 0.05) is 17.8 Å². The van der Waals surface area contributed by atoms with Crippen molar-refractivity contribution in [3.05, 3.63) is 47.8 Å². The summed E-state index contributed by atoms with van der Waals surface area (Å²) in [5, 5.41) is 0. The van der Waals surface area contributed by atoms with E-state index in [1.165, 1.54) is 59.8 Å². The summed E-state index contributed by atoms with van der Waals surface area (Å²) >= 11 is 0. The Bertz CT molecular complexity index is 1050. The molecule has 0 amide bonds. The Morgan fingerprint density at radius 2 is 1.42 bits per heavy atom. The molecule has 4 bridgehead atoms. The Morgan fingerprint density at radius 1 is 0.806 bits per heavy atom. The fraction of sp³-hybridized carbons (Fsp3) is 0.593. The predicted octanol–water partition coefficient (Wildman–Crippen LogP) is 5.10. The fourth-order valence-electron chi connectivity index (χ4n) is 8.18. The summed E-state index contributed by atoms with van der Waals surface area (Å²) in [6.07, 6.45) is 11.2. The van der Waals surface area contributed by atoms with Crippen molar-refractivity contribution in [2.75, 3.05) is 0 Å². The monoisotopic (exact) mass is 413 g/mol. The molecule has 2 aromatic rings. The van der Waals surface area contributed by atoms with Gasteiger partial charge in [-0.25, -0.2) is 0 Å². The van der Waals surface area contributed by atoms with E-state index in [4.69, 9.17) is 9.31 Å². The summed E-state index contributed by atoms with van der Waals surface area (Å²) in [7, 11) is -0.300. The highest BCUT2D eigenvalue weighted by atomic mass is 16.7. The van der Waals surface area contributed by atoms with Gasteiger partial charge in [0.05, 0.1) is 11.2 Å². The number of hydrogen-bond donors (Lipinski definition) is 0. The molecule has 1 aromatic heterocycles. The zero-order valence-corrected chi connectivity index (χ0v) is 19.2. The highest BCUT2D eigenvalue weighted by Gasteiger charge is 2.62. The third kappa shape index (κ3) is 2.26. The van der Waals surface area contributed by atoms with Crippen molar-refractivity contribution in [2.45, 2.75) is 76.4 Å². The lowest BCUT2D eigenvalue weighted by atomic mass is 9.43. The van der Waals surface area contributed by atoms with Gasteiger partial charge in [-0.15, -0.1) is 0 Å². The lowest BCUT2D eigenvalue weighted by Gasteiger charge is -2.61. The number of rotatable bonds is 1. The van der Waals surface area contributed by atoms with E-state index in [1.54, 1.807) is 0 Å². The first-order valence-corrected chi connectivity index (χ1v) is 12.2. The Balaban J connectivity index is 1.40. The van der Waals surface area contributed by atoms with E-state index >= 15 is 0 Å². The molecule has 6 aliphatic rings. The highest BCUT2D eigenvalue weighted by Crippen LogP contribution is 2.69. The van der Waals surface area contributed by atoms with Gasteiger partial charge in [-0.2, -0.15) is 0 Å². The van der Waals surface area contributed by atoms with E-state index in [-0.39, 0.29) is 23.7 Å². The van der Waals surface area contributed by atoms with Crippen molar-refractivity contribution >= 4 is 12.6 Å². The molecule has 2 heterocycles. The van der Waals surface area contributed by atoms with Crippen LogP contribution in [0.15, 0.2) is 36.7 Å². The third-order valence-electron chi connectivity index (χ3n) is 10.00. The lowest BCUT2D eigenvalue weighted by Crippen LogP contribution is -2.55. The first-order valence-electron chi connectivity index (χ1n) is 12.2. The number of pyridine rings is 1. The molecular weight excluding hydrogens is 381 g/mol. The van der Waals surface area contributed by atoms with Gasteiger partial charge in [0.15, 0.2) is 0 Å². The molecule has 5 aliphatic carbocycles. The summed E-state index contributed by atoms with van der Waals surface area (Å²) in [5.41, 5.74) is 6.57. The van der Waals surface area contributed by atoms with Crippen LogP contribution in [0.1, 0.15) is 70.9 Å². The second-order valence-electron chi connectivity index (χ2n) is 12.0. The van der Waals surface area contributed by atoms with Gasteiger partial charge in [-0.05, 0) is 117 Å². The van der Waals surface area contributed by atoms with Crippen LogP contribution in [0.4, 0.5) is 0 Å². The topological polar surface area (TPSA) is 31.4 Å². The van der Waals surface area contributed by atoms with E-state index in [0.29, 0.717) is 0 Å². The normalized spacial score (nSPS) is 38.0. The molecule has 1 spiro atoms. The highest BCUT2D eigenvalue weighted by molar-refractivity contribution is 6.62. The first-order chi connectivity index (χ1) is 14.8. The molecule has 0 unspecified atom stereocenters. The second kappa shape index (κ2) is 5.82. The van der Waals surface area contributed by atoms with Crippen molar-refractivity contribution in [1.29, 1.82) is 0 Å². The summed E-state index contributed by atoms with van der Waals surface area (Å²) in [6.45, 7) is 8.56. The molecule has 4 saturated carbocycles. The average molecular weight is 413 g/mol. The van der Waals surface area contributed by atoms with Crippen LogP contribution < -0.4 is 5.46 Å². The van der Waals surface area contributed by atoms with Crippen LogP contribution >= 0.6 is 0 Å². The Labute approximate surface area is 186 Å². The number of benzene rings is 1. The largest absolute Gasteiger partial charge is 0.494 e. The standard InChI is InChI=1S/C27H32BNO2/c1-25(2)26(3,4)31-28(30-25)20-5-6-21-22-7-8-29-15-24(22)27(23(21)14-20)18-10-16-9-17(12-18)13-19(27)11-16/h5-8,14-19H,9-13H2,1-4H3. The molecule has 0 N–H and O–H groups in total. The van der Waals surface area contributed by atoms with Crippen LogP contribution in [-0.2, 0) is 14.7 Å². The van der Waals surface area contributed by atoms with E-state index < -0.39 is 0 Å². The van der Waals surface area contributed by atoms with Crippen LogP contribution in [0.25, 0.3) is 11.1 Å². The zero-order chi connectivity index (χ0) is 21.2. The molecule has 1 aliphatic heterocycles. The van der Waals surface area contributed by atoms with Gasteiger partial charge < -0.3 is 9.31 Å². The van der Waals surface area contributed by atoms with Crippen LogP contribution in [0.2, 0.25) is 0 Å². The Hall–Kier alpha value is -1.65. The number of nitrogens with zero attached hydrogens (tertiary/aromatic N) is 1. The van der Waals surface area contributed by atoms with E-state index in [9.17, 15) is 0 Å². The third-order valence-corrected chi connectivity index (χ3v) is 10.00. The van der Waals surface area contributed by atoms with Gasteiger partial charge in [0.25, 0.3) is 0 Å². The molecule has 1 saturated heterocycles. The molecule has 5 fully saturated rings. The SMILES string of the molecule is CC1(C)OB(c2ccc3c(c2)C2(c4cnccc4-3)C3CC4CC(C3)CC2C4)OC1(C)C. The van der Waals surface area contributed by atoms with E-state index in [0.717, 1.165) is 23.7 Å². The average Bonchev–Trinajstić information content (AvgIpc) is 3.13. The van der Waals surface area contributed by atoms with Gasteiger partial charge in [-0.3, -0.25) is 4.98 Å². The maximum atomic E-state index is 6.45. The first kappa shape index (κ1) is 18.9. The molecule has 4 heteroatoms. The van der Waals surface area contributed by atoms with Gasteiger partial charge in [0.1, 0.15) is 0 Å². The summed E-state index contributed by atoms with van der Waals surface area (Å²) in [5.74, 6) is 3.40. The quantitative estimate of drug-likeness (QED) is 0.610. The number of aromatic nitrogens is 1. The van der Waals surface area contributed by atoms with Crippen molar-refractivity contribution < 1.29 is 9.31 Å². The Kier molecular flexibility index (Phi) is 3.55. The van der Waals surface area contributed by atoms with Crippen molar-refractivity contribution in [1.82, 2.24) is 4.98 Å². The van der Waals surface area contributed by atoms with E-state index in [2.05, 4.69) is 63.1 Å². The molecule has 0 atom stereocenters.